The number of halogens is 1. The Morgan fingerprint density at radius 2 is 2.10 bits per heavy atom. The molecule has 0 spiro atoms. The van der Waals surface area contributed by atoms with Crippen molar-refractivity contribution in [2.75, 3.05) is 0 Å². The normalized spacial score (nSPS) is 22.9. The number of nitrogens with one attached hydrogen (secondary N) is 1. The molecule has 3 rings (SSSR count). The molecular formula is C17H21FN2O. The van der Waals surface area contributed by atoms with Crippen LogP contribution in [-0.2, 0) is 0 Å². The Bertz CT molecular complexity index is 612. The first-order valence-corrected chi connectivity index (χ1v) is 7.49. The van der Waals surface area contributed by atoms with Gasteiger partial charge >= 0.3 is 0 Å². The fourth-order valence-corrected chi connectivity index (χ4v) is 3.33. The molecule has 0 radical (unpaired) electrons. The summed E-state index contributed by atoms with van der Waals surface area (Å²) in [5.74, 6) is 1.21. The van der Waals surface area contributed by atoms with Gasteiger partial charge in [0.25, 0.3) is 0 Å². The van der Waals surface area contributed by atoms with E-state index >= 15 is 0 Å². The van der Waals surface area contributed by atoms with Crippen LogP contribution < -0.4 is 5.32 Å². The van der Waals surface area contributed by atoms with Gasteiger partial charge in [-0.2, -0.15) is 0 Å². The van der Waals surface area contributed by atoms with E-state index in [9.17, 15) is 4.39 Å². The van der Waals surface area contributed by atoms with Crippen LogP contribution in [0.1, 0.15) is 54.3 Å². The van der Waals surface area contributed by atoms with Crippen LogP contribution in [0.2, 0.25) is 0 Å². The molecule has 1 unspecified atom stereocenters. The van der Waals surface area contributed by atoms with Crippen LogP contribution in [0, 0.1) is 19.7 Å². The zero-order chi connectivity index (χ0) is 15.0. The van der Waals surface area contributed by atoms with Crippen molar-refractivity contribution in [3.8, 4) is 0 Å². The third kappa shape index (κ3) is 2.86. The predicted molar refractivity (Wildman–Crippen MR) is 79.7 cm³/mol. The monoisotopic (exact) mass is 288 g/mol. The number of rotatable bonds is 4. The van der Waals surface area contributed by atoms with Gasteiger partial charge in [0.2, 0.25) is 0 Å². The summed E-state index contributed by atoms with van der Waals surface area (Å²) in [6, 6.07) is 7.66. The van der Waals surface area contributed by atoms with Gasteiger partial charge in [-0.15, -0.1) is 0 Å². The molecule has 0 amide bonds. The first-order chi connectivity index (χ1) is 10.0. The average molecular weight is 288 g/mol. The Morgan fingerprint density at radius 1 is 1.33 bits per heavy atom. The first-order valence-electron chi connectivity index (χ1n) is 7.49. The molecule has 1 aliphatic carbocycles. The molecule has 1 aromatic heterocycles. The average Bonchev–Trinajstić information content (AvgIpc) is 2.72. The molecule has 0 aliphatic heterocycles. The summed E-state index contributed by atoms with van der Waals surface area (Å²) in [4.78, 5) is 0. The van der Waals surface area contributed by atoms with Crippen molar-refractivity contribution in [1.29, 1.82) is 0 Å². The topological polar surface area (TPSA) is 38.1 Å². The lowest BCUT2D eigenvalue weighted by Crippen LogP contribution is -2.41. The largest absolute Gasteiger partial charge is 0.361 e. The molecule has 21 heavy (non-hydrogen) atoms. The standard InChI is InChI=1S/C17H21FN2O/c1-10(17-11(2)20-21-12(17)3)19-16-8-14(9-16)13-5-4-6-15(18)7-13/h4-7,10,14,16,19H,8-9H2,1-3H3. The van der Waals surface area contributed by atoms with Crippen molar-refractivity contribution in [2.45, 2.75) is 51.6 Å². The van der Waals surface area contributed by atoms with Gasteiger partial charge in [0, 0.05) is 17.6 Å². The van der Waals surface area contributed by atoms with Crippen LogP contribution in [-0.4, -0.2) is 11.2 Å². The van der Waals surface area contributed by atoms with Crippen LogP contribution in [0.4, 0.5) is 4.39 Å². The smallest absolute Gasteiger partial charge is 0.138 e. The third-order valence-electron chi connectivity index (χ3n) is 4.47. The van der Waals surface area contributed by atoms with Gasteiger partial charge in [-0.25, -0.2) is 4.39 Å². The minimum absolute atomic E-state index is 0.145. The van der Waals surface area contributed by atoms with Crippen LogP contribution in [0.25, 0.3) is 0 Å². The van der Waals surface area contributed by atoms with Crippen molar-refractivity contribution in [1.82, 2.24) is 10.5 Å². The molecule has 1 saturated carbocycles. The lowest BCUT2D eigenvalue weighted by molar-refractivity contribution is 0.269. The van der Waals surface area contributed by atoms with Gasteiger partial charge < -0.3 is 9.84 Å². The maximum absolute atomic E-state index is 13.2. The summed E-state index contributed by atoms with van der Waals surface area (Å²) in [6.45, 7) is 6.06. The summed E-state index contributed by atoms with van der Waals surface area (Å²) in [6.07, 6.45) is 2.11. The van der Waals surface area contributed by atoms with Crippen LogP contribution in [0.3, 0.4) is 0 Å². The predicted octanol–water partition coefficient (Wildman–Crippen LogP) is 4.03. The van der Waals surface area contributed by atoms with Gasteiger partial charge in [0.1, 0.15) is 11.6 Å². The fourth-order valence-electron chi connectivity index (χ4n) is 3.33. The number of nitrogens with zero attached hydrogens (tertiary/aromatic N) is 1. The second kappa shape index (κ2) is 5.60. The molecule has 1 fully saturated rings. The second-order valence-corrected chi connectivity index (χ2v) is 6.05. The van der Waals surface area contributed by atoms with Gasteiger partial charge in [-0.3, -0.25) is 0 Å². The Kier molecular flexibility index (Phi) is 3.81. The number of benzene rings is 1. The minimum Gasteiger partial charge on any atom is -0.361 e. The molecule has 1 heterocycles. The highest BCUT2D eigenvalue weighted by Crippen LogP contribution is 2.38. The van der Waals surface area contributed by atoms with Crippen LogP contribution >= 0.6 is 0 Å². The Hall–Kier alpha value is -1.68. The van der Waals surface area contributed by atoms with Gasteiger partial charge in [0.05, 0.1) is 5.69 Å². The van der Waals surface area contributed by atoms with Crippen molar-refractivity contribution >= 4 is 0 Å². The van der Waals surface area contributed by atoms with Crippen molar-refractivity contribution in [2.24, 2.45) is 0 Å². The molecular weight excluding hydrogens is 267 g/mol. The first kappa shape index (κ1) is 14.3. The van der Waals surface area contributed by atoms with E-state index < -0.39 is 0 Å². The molecule has 1 N–H and O–H groups in total. The summed E-state index contributed by atoms with van der Waals surface area (Å²) >= 11 is 0. The lowest BCUT2D eigenvalue weighted by Gasteiger charge is -2.38. The summed E-state index contributed by atoms with van der Waals surface area (Å²) < 4.78 is 18.5. The second-order valence-electron chi connectivity index (χ2n) is 6.05. The maximum atomic E-state index is 13.2. The van der Waals surface area contributed by atoms with E-state index in [1.54, 1.807) is 12.1 Å². The van der Waals surface area contributed by atoms with Crippen molar-refractivity contribution in [3.63, 3.8) is 0 Å². The van der Waals surface area contributed by atoms with Gasteiger partial charge in [-0.05, 0) is 57.2 Å². The molecule has 1 aliphatic rings. The summed E-state index contributed by atoms with van der Waals surface area (Å²) in [7, 11) is 0. The Labute approximate surface area is 124 Å². The molecule has 1 atom stereocenters. The van der Waals surface area contributed by atoms with Crippen LogP contribution in [0.5, 0.6) is 0 Å². The van der Waals surface area contributed by atoms with E-state index in [1.165, 1.54) is 6.07 Å². The summed E-state index contributed by atoms with van der Waals surface area (Å²) in [5.41, 5.74) is 3.22. The van der Waals surface area contributed by atoms with E-state index in [0.717, 1.165) is 35.4 Å². The highest BCUT2D eigenvalue weighted by molar-refractivity contribution is 5.26. The molecule has 2 aromatic rings. The van der Waals surface area contributed by atoms with Crippen molar-refractivity contribution < 1.29 is 8.91 Å². The molecule has 4 heteroatoms. The zero-order valence-corrected chi connectivity index (χ0v) is 12.7. The molecule has 3 nitrogen and oxygen atoms in total. The summed E-state index contributed by atoms with van der Waals surface area (Å²) in [5, 5.41) is 7.62. The van der Waals surface area contributed by atoms with E-state index in [2.05, 4.69) is 17.4 Å². The Balaban J connectivity index is 1.58. The number of hydrogen-bond acceptors (Lipinski definition) is 3. The van der Waals surface area contributed by atoms with Gasteiger partial charge in [0.15, 0.2) is 0 Å². The van der Waals surface area contributed by atoms with E-state index in [0.29, 0.717) is 12.0 Å². The van der Waals surface area contributed by atoms with E-state index in [4.69, 9.17) is 4.52 Å². The highest BCUT2D eigenvalue weighted by atomic mass is 19.1. The van der Waals surface area contributed by atoms with Gasteiger partial charge in [-0.1, -0.05) is 17.3 Å². The fraction of sp³-hybridized carbons (Fsp3) is 0.471. The lowest BCUT2D eigenvalue weighted by atomic mass is 9.75. The van der Waals surface area contributed by atoms with Crippen molar-refractivity contribution in [3.05, 3.63) is 52.7 Å². The minimum atomic E-state index is -0.145. The molecule has 0 saturated heterocycles. The highest BCUT2D eigenvalue weighted by Gasteiger charge is 2.32. The van der Waals surface area contributed by atoms with E-state index in [-0.39, 0.29) is 11.9 Å². The molecule has 0 bridgehead atoms. The number of hydrogen-bond donors (Lipinski definition) is 1. The maximum Gasteiger partial charge on any atom is 0.138 e. The third-order valence-corrected chi connectivity index (χ3v) is 4.47. The quantitative estimate of drug-likeness (QED) is 0.923. The Morgan fingerprint density at radius 3 is 2.71 bits per heavy atom. The SMILES string of the molecule is Cc1noc(C)c1C(C)NC1CC(c2cccc(F)c2)C1. The van der Waals surface area contributed by atoms with Crippen LogP contribution in [0.15, 0.2) is 28.8 Å². The molecule has 112 valence electrons. The van der Waals surface area contributed by atoms with E-state index in [1.807, 2.05) is 19.9 Å². The zero-order valence-electron chi connectivity index (χ0n) is 12.7. The number of aromatic nitrogens is 1. The molecule has 1 aromatic carbocycles. The number of aryl methyl sites for hydroxylation is 2.